The lowest BCUT2D eigenvalue weighted by Crippen LogP contribution is -2.47. The number of benzene rings is 1. The van der Waals surface area contributed by atoms with Gasteiger partial charge in [-0.25, -0.2) is 4.39 Å². The van der Waals surface area contributed by atoms with Crippen LogP contribution in [-0.4, -0.2) is 52.2 Å². The molecule has 3 rings (SSSR count). The van der Waals surface area contributed by atoms with Crippen LogP contribution in [0.4, 0.5) is 23.2 Å². The van der Waals surface area contributed by atoms with E-state index in [-0.39, 0.29) is 28.3 Å². The smallest absolute Gasteiger partial charge is 0.417 e. The highest BCUT2D eigenvalue weighted by Crippen LogP contribution is 2.55. The van der Waals surface area contributed by atoms with Gasteiger partial charge in [0, 0.05) is 23.0 Å². The van der Waals surface area contributed by atoms with Crippen molar-refractivity contribution in [3.05, 3.63) is 53.1 Å². The average Bonchev–Trinajstić information content (AvgIpc) is 3.07. The lowest BCUT2D eigenvalue weighted by Gasteiger charge is -2.32. The number of nitrogens with one attached hydrogen (secondary N) is 1. The Morgan fingerprint density at radius 3 is 2.43 bits per heavy atom. The molecule has 2 heterocycles. The fraction of sp³-hybridized carbons (Fsp3) is 0.500. The number of aliphatic hydroxyl groups excluding tert-OH is 2. The Kier molecular flexibility index (Phi) is 7.45. The first-order valence-electron chi connectivity index (χ1n) is 10.9. The largest absolute Gasteiger partial charge is 0.496 e. The van der Waals surface area contributed by atoms with Gasteiger partial charge in [-0.3, -0.25) is 9.78 Å². The number of anilines is 1. The van der Waals surface area contributed by atoms with Crippen LogP contribution in [0.25, 0.3) is 0 Å². The molecule has 0 saturated carbocycles. The number of aliphatic hydroxyl groups is 2. The second kappa shape index (κ2) is 9.71. The van der Waals surface area contributed by atoms with Gasteiger partial charge in [-0.15, -0.1) is 0 Å². The quantitative estimate of drug-likeness (QED) is 0.518. The molecule has 7 nitrogen and oxygen atoms in total. The van der Waals surface area contributed by atoms with Crippen molar-refractivity contribution >= 4 is 11.6 Å². The summed E-state index contributed by atoms with van der Waals surface area (Å²) in [4.78, 5) is 17.2. The molecule has 6 atom stereocenters. The number of alkyl halides is 3. The molecule has 1 amide bonds. The van der Waals surface area contributed by atoms with Gasteiger partial charge in [-0.05, 0) is 39.0 Å². The number of carbonyl (C=O) groups excluding carboxylic acids is 1. The van der Waals surface area contributed by atoms with Crippen molar-refractivity contribution < 1.29 is 42.0 Å². The van der Waals surface area contributed by atoms with Gasteiger partial charge in [0.2, 0.25) is 0 Å². The number of halogens is 4. The van der Waals surface area contributed by atoms with E-state index in [1.807, 2.05) is 0 Å². The first-order valence-corrected chi connectivity index (χ1v) is 10.9. The Morgan fingerprint density at radius 1 is 1.26 bits per heavy atom. The number of ether oxygens (including phenoxy) is 2. The molecule has 1 aliphatic rings. The fourth-order valence-electron chi connectivity index (χ4n) is 4.36. The molecule has 192 valence electrons. The molecule has 1 saturated heterocycles. The van der Waals surface area contributed by atoms with E-state index in [0.29, 0.717) is 0 Å². The van der Waals surface area contributed by atoms with Crippen molar-refractivity contribution in [3.63, 3.8) is 0 Å². The van der Waals surface area contributed by atoms with Crippen molar-refractivity contribution in [2.24, 2.45) is 5.92 Å². The van der Waals surface area contributed by atoms with E-state index >= 15 is 0 Å². The summed E-state index contributed by atoms with van der Waals surface area (Å²) < 4.78 is 67.0. The molecule has 0 bridgehead atoms. The van der Waals surface area contributed by atoms with Crippen molar-refractivity contribution in [1.82, 2.24) is 4.98 Å². The molecule has 2 aromatic rings. The zero-order valence-corrected chi connectivity index (χ0v) is 19.9. The van der Waals surface area contributed by atoms with E-state index in [0.717, 1.165) is 13.0 Å². The number of methoxy groups -OCH3 is 1. The van der Waals surface area contributed by atoms with Crippen LogP contribution in [0.1, 0.15) is 49.6 Å². The molecule has 1 aromatic carbocycles. The summed E-state index contributed by atoms with van der Waals surface area (Å²) in [6.07, 6.45) is -7.49. The van der Waals surface area contributed by atoms with Crippen molar-refractivity contribution in [2.45, 2.75) is 63.7 Å². The summed E-state index contributed by atoms with van der Waals surface area (Å²) in [5.74, 6) is -3.74. The Balaban J connectivity index is 1.99. The first-order chi connectivity index (χ1) is 16.2. The average molecular weight is 500 g/mol. The molecule has 1 aromatic heterocycles. The van der Waals surface area contributed by atoms with Crippen molar-refractivity contribution in [2.75, 3.05) is 12.4 Å². The van der Waals surface area contributed by atoms with E-state index in [1.165, 1.54) is 52.3 Å². The molecule has 0 spiro atoms. The summed E-state index contributed by atoms with van der Waals surface area (Å²) in [6, 6.07) is 5.19. The van der Waals surface area contributed by atoms with E-state index in [1.54, 1.807) is 0 Å². The molecular formula is C24H28F4N2O5. The Hall–Kier alpha value is -2.76. The summed E-state index contributed by atoms with van der Waals surface area (Å²) in [7, 11) is 1.28. The van der Waals surface area contributed by atoms with Crippen LogP contribution in [0.5, 0.6) is 5.75 Å². The van der Waals surface area contributed by atoms with Gasteiger partial charge < -0.3 is 25.0 Å². The second-order valence-corrected chi connectivity index (χ2v) is 8.90. The van der Waals surface area contributed by atoms with Crippen LogP contribution in [0, 0.1) is 18.7 Å². The lowest BCUT2D eigenvalue weighted by atomic mass is 9.76. The van der Waals surface area contributed by atoms with Crippen LogP contribution >= 0.6 is 0 Å². The molecule has 3 N–H and O–H groups in total. The zero-order chi connectivity index (χ0) is 26.3. The predicted octanol–water partition coefficient (Wildman–Crippen LogP) is 4.03. The summed E-state index contributed by atoms with van der Waals surface area (Å²) in [6.45, 7) is 5.03. The highest BCUT2D eigenvalue weighted by Gasteiger charge is 2.65. The number of aromatic nitrogens is 1. The number of hydrogen-bond acceptors (Lipinski definition) is 6. The number of rotatable bonds is 6. The summed E-state index contributed by atoms with van der Waals surface area (Å²) in [5, 5.41) is 21.9. The molecule has 1 fully saturated rings. The van der Waals surface area contributed by atoms with Gasteiger partial charge in [-0.1, -0.05) is 13.0 Å². The number of hydrogen-bond donors (Lipinski definition) is 3. The van der Waals surface area contributed by atoms with Gasteiger partial charge in [0.15, 0.2) is 5.60 Å². The zero-order valence-electron chi connectivity index (χ0n) is 19.9. The highest BCUT2D eigenvalue weighted by atomic mass is 19.4. The normalized spacial score (nSPS) is 26.3. The molecule has 0 unspecified atom stereocenters. The third-order valence-corrected chi connectivity index (χ3v) is 6.67. The van der Waals surface area contributed by atoms with Crippen LogP contribution in [0.2, 0.25) is 0 Å². The van der Waals surface area contributed by atoms with E-state index in [2.05, 4.69) is 10.3 Å². The highest BCUT2D eigenvalue weighted by molar-refractivity contribution is 5.95. The Morgan fingerprint density at radius 2 is 1.91 bits per heavy atom. The molecule has 0 aliphatic carbocycles. The van der Waals surface area contributed by atoms with Crippen LogP contribution in [0.15, 0.2) is 30.5 Å². The van der Waals surface area contributed by atoms with Gasteiger partial charge in [-0.2, -0.15) is 13.2 Å². The van der Waals surface area contributed by atoms with Gasteiger partial charge in [0.25, 0.3) is 5.91 Å². The first kappa shape index (κ1) is 26.8. The number of carbonyl (C=O) groups is 1. The third-order valence-electron chi connectivity index (χ3n) is 6.67. The number of pyridine rings is 1. The third kappa shape index (κ3) is 4.85. The van der Waals surface area contributed by atoms with E-state index in [9.17, 15) is 32.6 Å². The molecule has 0 radical (unpaired) electrons. The minimum Gasteiger partial charge on any atom is -0.496 e. The minimum atomic E-state index is -4.79. The molecule has 1 aliphatic heterocycles. The van der Waals surface area contributed by atoms with Gasteiger partial charge in [0.05, 0.1) is 30.8 Å². The molecule has 35 heavy (non-hydrogen) atoms. The maximum Gasteiger partial charge on any atom is 0.417 e. The van der Waals surface area contributed by atoms with Crippen molar-refractivity contribution in [1.29, 1.82) is 0 Å². The van der Waals surface area contributed by atoms with E-state index < -0.39 is 53.6 Å². The second-order valence-electron chi connectivity index (χ2n) is 8.90. The fourth-order valence-corrected chi connectivity index (χ4v) is 4.36. The standard InChI is InChI=1S/C24H28F4N2O5/c1-11-16(25)8-7-15(20(11)34-5)18-12(2)23(4,24(26,27)28)35-21(18)22(33)30-14-6-9-17(29-10-14)19(32)13(3)31/h6-10,12-13,18-19,21,31-32H,1-5H3,(H,30,33)/t12-,13+,18-,19-,21+,23+/m0/s1. The summed E-state index contributed by atoms with van der Waals surface area (Å²) in [5.41, 5.74) is -2.03. The monoisotopic (exact) mass is 500 g/mol. The Bertz CT molecular complexity index is 1080. The van der Waals surface area contributed by atoms with Gasteiger partial charge in [0.1, 0.15) is 23.8 Å². The topological polar surface area (TPSA) is 101 Å². The Labute approximate surface area is 200 Å². The predicted molar refractivity (Wildman–Crippen MR) is 118 cm³/mol. The SMILES string of the molecule is COc1c([C@H]2[C@H](C(=O)Nc3ccc([C@@H](O)[C@@H](C)O)nc3)O[C@@](C)(C(F)(F)F)[C@H]2C)ccc(F)c1C. The van der Waals surface area contributed by atoms with Gasteiger partial charge >= 0.3 is 6.18 Å². The molecule has 11 heteroatoms. The van der Waals surface area contributed by atoms with Crippen LogP contribution in [0.3, 0.4) is 0 Å². The minimum absolute atomic E-state index is 0.0489. The molecular weight excluding hydrogens is 472 g/mol. The van der Waals surface area contributed by atoms with Crippen molar-refractivity contribution in [3.8, 4) is 5.75 Å². The number of nitrogens with zero attached hydrogens (tertiary/aromatic N) is 1. The van der Waals surface area contributed by atoms with E-state index in [4.69, 9.17) is 9.47 Å². The van der Waals surface area contributed by atoms with Crippen LogP contribution in [-0.2, 0) is 9.53 Å². The maximum atomic E-state index is 14.1. The van der Waals surface area contributed by atoms with Crippen LogP contribution < -0.4 is 10.1 Å². The number of amides is 1. The summed E-state index contributed by atoms with van der Waals surface area (Å²) >= 11 is 0. The lowest BCUT2D eigenvalue weighted by molar-refractivity contribution is -0.272. The maximum absolute atomic E-state index is 14.1.